The lowest BCUT2D eigenvalue weighted by molar-refractivity contribution is 0.0690. The summed E-state index contributed by atoms with van der Waals surface area (Å²) < 4.78 is 6.57. The van der Waals surface area contributed by atoms with Gasteiger partial charge in [0.15, 0.2) is 5.69 Å². The summed E-state index contributed by atoms with van der Waals surface area (Å²) in [5.74, 6) is -1.07. The molecule has 1 heterocycles. The molecule has 0 amide bonds. The molecule has 0 saturated heterocycles. The van der Waals surface area contributed by atoms with Gasteiger partial charge in [-0.1, -0.05) is 5.21 Å². The second kappa shape index (κ2) is 5.74. The van der Waals surface area contributed by atoms with E-state index in [0.29, 0.717) is 19.7 Å². The van der Waals surface area contributed by atoms with Crippen molar-refractivity contribution in [3.05, 3.63) is 11.9 Å². The topological polar surface area (TPSA) is 89.3 Å². The molecule has 0 unspecified atom stereocenters. The van der Waals surface area contributed by atoms with Crippen molar-refractivity contribution in [2.45, 2.75) is 25.9 Å². The molecule has 1 aromatic heterocycles. The predicted molar refractivity (Wildman–Crippen MR) is 60.9 cm³/mol. The maximum atomic E-state index is 10.6. The van der Waals surface area contributed by atoms with Crippen LogP contribution in [0.3, 0.4) is 0 Å². The summed E-state index contributed by atoms with van der Waals surface area (Å²) in [7, 11) is 1.65. The number of nitrogens with zero attached hydrogens (tertiary/aromatic N) is 3. The van der Waals surface area contributed by atoms with Crippen molar-refractivity contribution in [3.63, 3.8) is 0 Å². The van der Waals surface area contributed by atoms with E-state index in [2.05, 4.69) is 15.6 Å². The normalized spacial score (nSPS) is 11.7. The Morgan fingerprint density at radius 1 is 1.65 bits per heavy atom. The number of hydrogen-bond acceptors (Lipinski definition) is 5. The highest BCUT2D eigenvalue weighted by atomic mass is 16.5. The lowest BCUT2D eigenvalue weighted by Gasteiger charge is -2.25. The number of carboxylic acid groups (broad SMARTS) is 1. The quantitative estimate of drug-likeness (QED) is 0.699. The van der Waals surface area contributed by atoms with Gasteiger partial charge >= 0.3 is 5.97 Å². The number of carboxylic acids is 1. The molecule has 0 aliphatic carbocycles. The fourth-order valence-corrected chi connectivity index (χ4v) is 1.43. The molecule has 0 spiro atoms. The summed E-state index contributed by atoms with van der Waals surface area (Å²) in [4.78, 5) is 10.6. The van der Waals surface area contributed by atoms with Crippen LogP contribution in [0.2, 0.25) is 0 Å². The first-order valence-electron chi connectivity index (χ1n) is 5.32. The van der Waals surface area contributed by atoms with Gasteiger partial charge in [-0.2, -0.15) is 0 Å². The van der Waals surface area contributed by atoms with Crippen LogP contribution in [0.15, 0.2) is 6.20 Å². The van der Waals surface area contributed by atoms with E-state index in [9.17, 15) is 4.79 Å². The summed E-state index contributed by atoms with van der Waals surface area (Å²) in [5.41, 5.74) is -0.161. The van der Waals surface area contributed by atoms with Gasteiger partial charge in [0.2, 0.25) is 0 Å². The van der Waals surface area contributed by atoms with Crippen LogP contribution >= 0.6 is 0 Å². The Labute approximate surface area is 99.8 Å². The molecule has 96 valence electrons. The third-order valence-electron chi connectivity index (χ3n) is 2.21. The largest absolute Gasteiger partial charge is 0.476 e. The molecule has 7 heteroatoms. The van der Waals surface area contributed by atoms with E-state index in [1.54, 1.807) is 7.11 Å². The monoisotopic (exact) mass is 242 g/mol. The smallest absolute Gasteiger partial charge is 0.358 e. The minimum Gasteiger partial charge on any atom is -0.476 e. The number of nitrogens with one attached hydrogen (secondary N) is 1. The third kappa shape index (κ3) is 4.49. The molecule has 1 rings (SSSR count). The van der Waals surface area contributed by atoms with Crippen molar-refractivity contribution in [2.75, 3.05) is 20.3 Å². The first kappa shape index (κ1) is 13.6. The Hall–Kier alpha value is -1.47. The number of methoxy groups -OCH3 is 1. The predicted octanol–water partition coefficient (Wildman–Crippen LogP) is -0.00910. The fourth-order valence-electron chi connectivity index (χ4n) is 1.43. The highest BCUT2D eigenvalue weighted by Crippen LogP contribution is 2.01. The number of aromatic carboxylic acids is 1. The summed E-state index contributed by atoms with van der Waals surface area (Å²) in [6, 6.07) is 0. The summed E-state index contributed by atoms with van der Waals surface area (Å²) in [6.07, 6.45) is 1.41. The zero-order chi connectivity index (χ0) is 12.9. The average Bonchev–Trinajstić information content (AvgIpc) is 2.66. The van der Waals surface area contributed by atoms with Gasteiger partial charge in [-0.3, -0.25) is 4.68 Å². The summed E-state index contributed by atoms with van der Waals surface area (Å²) in [5, 5.41) is 19.2. The van der Waals surface area contributed by atoms with Crippen LogP contribution in [-0.2, 0) is 11.3 Å². The Morgan fingerprint density at radius 3 is 2.88 bits per heavy atom. The Kier molecular flexibility index (Phi) is 4.59. The molecule has 0 aromatic carbocycles. The van der Waals surface area contributed by atoms with E-state index in [1.165, 1.54) is 10.9 Å². The molecule has 0 aliphatic heterocycles. The van der Waals surface area contributed by atoms with Crippen molar-refractivity contribution in [3.8, 4) is 0 Å². The molecule has 0 bridgehead atoms. The Balaban J connectivity index is 2.38. The Bertz CT molecular complexity index is 375. The van der Waals surface area contributed by atoms with Gasteiger partial charge in [0.05, 0.1) is 19.3 Å². The van der Waals surface area contributed by atoms with Crippen LogP contribution in [0, 0.1) is 0 Å². The molecule has 7 nitrogen and oxygen atoms in total. The number of aromatic nitrogens is 3. The van der Waals surface area contributed by atoms with E-state index in [-0.39, 0.29) is 11.2 Å². The molecule has 1 aromatic rings. The SMILES string of the molecule is COCC(C)(C)NCCn1cc(C(=O)O)nn1. The molecule has 2 N–H and O–H groups in total. The lowest BCUT2D eigenvalue weighted by Crippen LogP contribution is -2.44. The zero-order valence-corrected chi connectivity index (χ0v) is 10.3. The maximum Gasteiger partial charge on any atom is 0.358 e. The number of hydrogen-bond donors (Lipinski definition) is 2. The van der Waals surface area contributed by atoms with Crippen molar-refractivity contribution < 1.29 is 14.6 Å². The molecule has 0 atom stereocenters. The molecular weight excluding hydrogens is 224 g/mol. The number of carbonyl (C=O) groups is 1. The summed E-state index contributed by atoms with van der Waals surface area (Å²) in [6.45, 7) is 5.89. The summed E-state index contributed by atoms with van der Waals surface area (Å²) >= 11 is 0. The maximum absolute atomic E-state index is 10.6. The van der Waals surface area contributed by atoms with E-state index < -0.39 is 5.97 Å². The van der Waals surface area contributed by atoms with Crippen LogP contribution in [-0.4, -0.2) is 51.9 Å². The Morgan fingerprint density at radius 2 is 2.35 bits per heavy atom. The van der Waals surface area contributed by atoms with Crippen LogP contribution in [0.25, 0.3) is 0 Å². The molecule has 0 saturated carbocycles. The fraction of sp³-hybridized carbons (Fsp3) is 0.700. The molecule has 0 radical (unpaired) electrons. The minimum absolute atomic E-state index is 0.0406. The standard InChI is InChI=1S/C10H18N4O3/c1-10(2,7-17-3)11-4-5-14-6-8(9(15)16)12-13-14/h6,11H,4-5,7H2,1-3H3,(H,15,16). The van der Waals surface area contributed by atoms with Gasteiger partial charge in [-0.15, -0.1) is 5.10 Å². The first-order valence-corrected chi connectivity index (χ1v) is 5.32. The van der Waals surface area contributed by atoms with Crippen LogP contribution in [0.1, 0.15) is 24.3 Å². The van der Waals surface area contributed by atoms with Crippen LogP contribution in [0.4, 0.5) is 0 Å². The van der Waals surface area contributed by atoms with Crippen molar-refractivity contribution in [1.29, 1.82) is 0 Å². The van der Waals surface area contributed by atoms with Gasteiger partial charge in [0.1, 0.15) is 0 Å². The zero-order valence-electron chi connectivity index (χ0n) is 10.3. The third-order valence-corrected chi connectivity index (χ3v) is 2.21. The second-order valence-electron chi connectivity index (χ2n) is 4.42. The van der Waals surface area contributed by atoms with Gasteiger partial charge in [-0.25, -0.2) is 4.79 Å². The van der Waals surface area contributed by atoms with Crippen molar-refractivity contribution in [2.24, 2.45) is 0 Å². The first-order chi connectivity index (χ1) is 7.94. The lowest BCUT2D eigenvalue weighted by atomic mass is 10.1. The van der Waals surface area contributed by atoms with Gasteiger partial charge in [0, 0.05) is 19.2 Å². The number of rotatable bonds is 7. The molecule has 17 heavy (non-hydrogen) atoms. The average molecular weight is 242 g/mol. The van der Waals surface area contributed by atoms with Crippen LogP contribution in [0.5, 0.6) is 0 Å². The second-order valence-corrected chi connectivity index (χ2v) is 4.42. The van der Waals surface area contributed by atoms with E-state index in [1.807, 2.05) is 13.8 Å². The van der Waals surface area contributed by atoms with Crippen molar-refractivity contribution >= 4 is 5.97 Å². The van der Waals surface area contributed by atoms with Crippen LogP contribution < -0.4 is 5.32 Å². The minimum atomic E-state index is -1.07. The van der Waals surface area contributed by atoms with E-state index in [0.717, 1.165) is 0 Å². The molecule has 0 aliphatic rings. The van der Waals surface area contributed by atoms with Gasteiger partial charge in [-0.05, 0) is 13.8 Å². The van der Waals surface area contributed by atoms with E-state index >= 15 is 0 Å². The highest BCUT2D eigenvalue weighted by molar-refractivity contribution is 5.84. The van der Waals surface area contributed by atoms with Gasteiger partial charge in [0.25, 0.3) is 0 Å². The van der Waals surface area contributed by atoms with Crippen molar-refractivity contribution in [1.82, 2.24) is 20.3 Å². The number of ether oxygens (including phenoxy) is 1. The van der Waals surface area contributed by atoms with Gasteiger partial charge < -0.3 is 15.2 Å². The van der Waals surface area contributed by atoms with E-state index in [4.69, 9.17) is 9.84 Å². The molecular formula is C10H18N4O3. The highest BCUT2D eigenvalue weighted by Gasteiger charge is 2.16. The molecule has 0 fully saturated rings.